The first kappa shape index (κ1) is 21.0. The molecule has 1 amide bonds. The van der Waals surface area contributed by atoms with Gasteiger partial charge >= 0.3 is 0 Å². The van der Waals surface area contributed by atoms with Gasteiger partial charge in [0.15, 0.2) is 0 Å². The predicted octanol–water partition coefficient (Wildman–Crippen LogP) is 5.71. The van der Waals surface area contributed by atoms with Gasteiger partial charge in [-0.25, -0.2) is 4.98 Å². The van der Waals surface area contributed by atoms with E-state index in [1.54, 1.807) is 0 Å². The van der Waals surface area contributed by atoms with Crippen LogP contribution in [-0.2, 0) is 4.79 Å². The van der Waals surface area contributed by atoms with Crippen LogP contribution in [0.15, 0.2) is 64.2 Å². The molecule has 32 heavy (non-hydrogen) atoms. The first-order chi connectivity index (χ1) is 15.6. The molecule has 0 spiro atoms. The first-order valence-electron chi connectivity index (χ1n) is 10.5. The Labute approximate surface area is 195 Å². The van der Waals surface area contributed by atoms with E-state index in [0.29, 0.717) is 16.1 Å². The number of hydrogen-bond donors (Lipinski definition) is 0. The number of likely N-dealkylation sites (tertiary alicyclic amines) is 1. The average Bonchev–Trinajstić information content (AvgIpc) is 3.51. The second-order valence-corrected chi connectivity index (χ2v) is 9.47. The third-order valence-corrected chi connectivity index (χ3v) is 6.71. The van der Waals surface area contributed by atoms with Gasteiger partial charge in [0.1, 0.15) is 0 Å². The maximum Gasteiger partial charge on any atom is 0.277 e. The molecule has 1 fully saturated rings. The molecule has 6 nitrogen and oxygen atoms in total. The van der Waals surface area contributed by atoms with Crippen molar-refractivity contribution in [2.45, 2.75) is 30.2 Å². The summed E-state index contributed by atoms with van der Waals surface area (Å²) in [6, 6.07) is 17.4. The number of halogens is 1. The van der Waals surface area contributed by atoms with Crippen LogP contribution in [0.5, 0.6) is 0 Å². The van der Waals surface area contributed by atoms with Crippen LogP contribution >= 0.6 is 23.4 Å². The van der Waals surface area contributed by atoms with Crippen molar-refractivity contribution in [2.75, 3.05) is 13.1 Å². The zero-order chi connectivity index (χ0) is 22.1. The van der Waals surface area contributed by atoms with E-state index in [0.717, 1.165) is 53.7 Å². The van der Waals surface area contributed by atoms with Crippen molar-refractivity contribution in [3.05, 3.63) is 59.6 Å². The normalized spacial score (nSPS) is 14.8. The number of thioether (sulfide) groups is 1. The molecule has 2 aromatic carbocycles. The fraction of sp³-hybridized carbons (Fsp3) is 0.250. The smallest absolute Gasteiger partial charge is 0.277 e. The zero-order valence-corrected chi connectivity index (χ0v) is 19.1. The molecule has 0 radical (unpaired) electrons. The Morgan fingerprint density at radius 1 is 1.09 bits per heavy atom. The number of fused-ring (bicyclic) bond motifs is 1. The van der Waals surface area contributed by atoms with Gasteiger partial charge in [0, 0.05) is 29.1 Å². The van der Waals surface area contributed by atoms with Crippen LogP contribution in [-0.4, -0.2) is 44.3 Å². The van der Waals surface area contributed by atoms with Gasteiger partial charge in [-0.15, -0.1) is 10.2 Å². The van der Waals surface area contributed by atoms with Crippen molar-refractivity contribution in [3.8, 4) is 22.7 Å². The van der Waals surface area contributed by atoms with Crippen molar-refractivity contribution in [1.29, 1.82) is 0 Å². The van der Waals surface area contributed by atoms with Gasteiger partial charge in [-0.2, -0.15) is 0 Å². The largest absolute Gasteiger partial charge is 0.411 e. The molecule has 1 atom stereocenters. The average molecular weight is 465 g/mol. The predicted molar refractivity (Wildman–Crippen MR) is 127 cm³/mol. The highest BCUT2D eigenvalue weighted by atomic mass is 35.5. The second kappa shape index (κ2) is 8.92. The number of para-hydroxylation sites is 1. The van der Waals surface area contributed by atoms with E-state index < -0.39 is 0 Å². The molecular weight excluding hydrogens is 444 g/mol. The fourth-order valence-electron chi connectivity index (χ4n) is 3.88. The minimum Gasteiger partial charge on any atom is -0.411 e. The van der Waals surface area contributed by atoms with Gasteiger partial charge in [-0.3, -0.25) is 4.79 Å². The number of carbonyl (C=O) groups is 1. The van der Waals surface area contributed by atoms with Crippen LogP contribution < -0.4 is 0 Å². The second-order valence-electron chi connectivity index (χ2n) is 7.74. The van der Waals surface area contributed by atoms with Crippen LogP contribution in [0.4, 0.5) is 0 Å². The number of nitrogens with zero attached hydrogens (tertiary/aromatic N) is 4. The van der Waals surface area contributed by atoms with E-state index in [-0.39, 0.29) is 11.2 Å². The SMILES string of the molecule is C[C@@H](Sc1nnc(-c2cc(-c3ccc(Cl)cc3)nc3ccccc23)o1)C(=O)N1CCCC1. The summed E-state index contributed by atoms with van der Waals surface area (Å²) in [6.45, 7) is 3.54. The van der Waals surface area contributed by atoms with Crippen LogP contribution in [0, 0.1) is 0 Å². The van der Waals surface area contributed by atoms with Crippen LogP contribution in [0.3, 0.4) is 0 Å². The summed E-state index contributed by atoms with van der Waals surface area (Å²) < 4.78 is 5.99. The molecule has 0 aliphatic carbocycles. The molecule has 2 aromatic heterocycles. The van der Waals surface area contributed by atoms with Crippen molar-refractivity contribution >= 4 is 40.2 Å². The molecule has 5 rings (SSSR count). The molecule has 1 aliphatic heterocycles. The highest BCUT2D eigenvalue weighted by Crippen LogP contribution is 2.34. The maximum absolute atomic E-state index is 12.6. The van der Waals surface area contributed by atoms with E-state index >= 15 is 0 Å². The molecule has 0 unspecified atom stereocenters. The lowest BCUT2D eigenvalue weighted by molar-refractivity contribution is -0.129. The summed E-state index contributed by atoms with van der Waals surface area (Å²) in [4.78, 5) is 19.3. The molecule has 0 saturated carbocycles. The number of carbonyl (C=O) groups excluding carboxylic acids is 1. The third-order valence-electron chi connectivity index (χ3n) is 5.54. The topological polar surface area (TPSA) is 72.1 Å². The van der Waals surface area contributed by atoms with Gasteiger partial charge in [-0.05, 0) is 44.0 Å². The fourth-order valence-corrected chi connectivity index (χ4v) is 4.78. The van der Waals surface area contributed by atoms with Crippen LogP contribution in [0.1, 0.15) is 19.8 Å². The van der Waals surface area contributed by atoms with Gasteiger partial charge in [0.05, 0.1) is 22.0 Å². The summed E-state index contributed by atoms with van der Waals surface area (Å²) in [6.07, 6.45) is 2.14. The standard InChI is InChI=1S/C24H21ClN4O2S/c1-15(23(30)29-12-4-5-13-29)32-24-28-27-22(31-24)19-14-21(16-8-10-17(25)11-9-16)26-20-7-3-2-6-18(19)20/h2-3,6-11,14-15H,4-5,12-13H2,1H3/t15-/m1/s1. The Hall–Kier alpha value is -2.90. The molecule has 3 heterocycles. The molecule has 0 bridgehead atoms. The molecule has 4 aromatic rings. The number of hydrogen-bond acceptors (Lipinski definition) is 6. The Morgan fingerprint density at radius 3 is 2.62 bits per heavy atom. The molecule has 1 saturated heterocycles. The minimum absolute atomic E-state index is 0.117. The summed E-state index contributed by atoms with van der Waals surface area (Å²) in [7, 11) is 0. The van der Waals surface area contributed by atoms with E-state index in [9.17, 15) is 4.79 Å². The lowest BCUT2D eigenvalue weighted by atomic mass is 10.0. The number of pyridine rings is 1. The van der Waals surface area contributed by atoms with E-state index in [1.807, 2.05) is 66.4 Å². The number of aromatic nitrogens is 3. The van der Waals surface area contributed by atoms with Crippen molar-refractivity contribution in [1.82, 2.24) is 20.1 Å². The Morgan fingerprint density at radius 2 is 1.84 bits per heavy atom. The van der Waals surface area contributed by atoms with Gasteiger partial charge in [-0.1, -0.05) is 53.7 Å². The molecule has 1 aliphatic rings. The molecule has 0 N–H and O–H groups in total. The number of amides is 1. The number of rotatable bonds is 5. The Kier molecular flexibility index (Phi) is 5.85. The molecular formula is C24H21ClN4O2S. The van der Waals surface area contributed by atoms with Crippen molar-refractivity contribution < 1.29 is 9.21 Å². The lowest BCUT2D eigenvalue weighted by Crippen LogP contribution is -2.34. The highest BCUT2D eigenvalue weighted by Gasteiger charge is 2.26. The number of benzene rings is 2. The quantitative estimate of drug-likeness (QED) is 0.352. The molecule has 162 valence electrons. The summed E-state index contributed by atoms with van der Waals surface area (Å²) in [5, 5.41) is 10.2. The lowest BCUT2D eigenvalue weighted by Gasteiger charge is -2.18. The van der Waals surface area contributed by atoms with Gasteiger partial charge in [0.2, 0.25) is 11.8 Å². The Bertz CT molecular complexity index is 1270. The van der Waals surface area contributed by atoms with E-state index in [4.69, 9.17) is 21.0 Å². The van der Waals surface area contributed by atoms with Crippen molar-refractivity contribution in [3.63, 3.8) is 0 Å². The maximum atomic E-state index is 12.6. The van der Waals surface area contributed by atoms with Gasteiger partial charge < -0.3 is 9.32 Å². The summed E-state index contributed by atoms with van der Waals surface area (Å²) in [5.41, 5.74) is 3.37. The minimum atomic E-state index is -0.278. The third kappa shape index (κ3) is 4.23. The van der Waals surface area contributed by atoms with E-state index in [2.05, 4.69) is 10.2 Å². The summed E-state index contributed by atoms with van der Waals surface area (Å²) in [5.74, 6) is 0.522. The van der Waals surface area contributed by atoms with Crippen LogP contribution in [0.25, 0.3) is 33.6 Å². The monoisotopic (exact) mass is 464 g/mol. The van der Waals surface area contributed by atoms with Gasteiger partial charge in [0.25, 0.3) is 5.22 Å². The van der Waals surface area contributed by atoms with E-state index in [1.165, 1.54) is 11.8 Å². The highest BCUT2D eigenvalue weighted by molar-refractivity contribution is 8.00. The van der Waals surface area contributed by atoms with Crippen LogP contribution in [0.2, 0.25) is 5.02 Å². The van der Waals surface area contributed by atoms with Crippen molar-refractivity contribution in [2.24, 2.45) is 0 Å². The molecule has 8 heteroatoms. The summed E-state index contributed by atoms with van der Waals surface area (Å²) >= 11 is 7.35. The zero-order valence-electron chi connectivity index (χ0n) is 17.5. The first-order valence-corrected chi connectivity index (χ1v) is 11.8. The Balaban J connectivity index is 1.47.